The zero-order valence-corrected chi connectivity index (χ0v) is 16.1. The number of rotatable bonds is 7. The van der Waals surface area contributed by atoms with Crippen LogP contribution < -0.4 is 11.2 Å². The van der Waals surface area contributed by atoms with E-state index in [1.807, 2.05) is 11.5 Å². The van der Waals surface area contributed by atoms with E-state index in [2.05, 4.69) is 9.94 Å². The van der Waals surface area contributed by atoms with E-state index < -0.39 is 29.4 Å². The third-order valence-corrected chi connectivity index (χ3v) is 5.75. The lowest BCUT2D eigenvalue weighted by atomic mass is 10.0. The van der Waals surface area contributed by atoms with Gasteiger partial charge >= 0.3 is 6.03 Å². The van der Waals surface area contributed by atoms with E-state index in [-0.39, 0.29) is 10.6 Å². The summed E-state index contributed by atoms with van der Waals surface area (Å²) in [7, 11) is 0. The number of hydroxylamine groups is 1. The lowest BCUT2D eigenvalue weighted by Gasteiger charge is -2.35. The molecule has 1 aliphatic rings. The predicted molar refractivity (Wildman–Crippen MR) is 104 cm³/mol. The molecule has 10 heteroatoms. The van der Waals surface area contributed by atoms with Gasteiger partial charge in [-0.05, 0) is 43.1 Å². The molecule has 29 heavy (non-hydrogen) atoms. The summed E-state index contributed by atoms with van der Waals surface area (Å²) < 4.78 is 40.5. The minimum absolute atomic E-state index is 0.0789. The molecule has 0 aromatic heterocycles. The zero-order valence-electron chi connectivity index (χ0n) is 15.3. The van der Waals surface area contributed by atoms with Crippen LogP contribution in [0.15, 0.2) is 53.6 Å². The van der Waals surface area contributed by atoms with E-state index in [1.54, 1.807) is 24.3 Å². The van der Waals surface area contributed by atoms with Crippen LogP contribution in [0, 0.1) is 11.6 Å². The van der Waals surface area contributed by atoms with Gasteiger partial charge in [-0.3, -0.25) is 0 Å². The Balaban J connectivity index is 2.10. The first-order valence-corrected chi connectivity index (χ1v) is 9.60. The molecule has 3 rings (SSSR count). The van der Waals surface area contributed by atoms with Gasteiger partial charge in [0, 0.05) is 5.56 Å². The van der Waals surface area contributed by atoms with Gasteiger partial charge in [-0.2, -0.15) is 10.1 Å². The van der Waals surface area contributed by atoms with Crippen molar-refractivity contribution >= 4 is 22.8 Å². The normalized spacial score (nSPS) is 18.6. The number of carbonyl (C=O) groups excluding carboxylic acids is 1. The van der Waals surface area contributed by atoms with E-state index in [4.69, 9.17) is 5.73 Å². The van der Waals surface area contributed by atoms with Crippen LogP contribution in [0.5, 0.6) is 0 Å². The number of urea groups is 1. The van der Waals surface area contributed by atoms with Crippen LogP contribution in [0.1, 0.15) is 24.0 Å². The van der Waals surface area contributed by atoms with Crippen molar-refractivity contribution in [2.24, 2.45) is 10.8 Å². The standard InChI is InChI=1S/C19H19F3N4O2S/c20-12-28-25-18(27)26-19(9-4-10-23,13-5-2-1-3-6-13)29-17(24-26)15-11-14(21)7-8-16(15)22/h1-3,5-8,11H,4,9-10,12,23H2,(H,25,27). The summed E-state index contributed by atoms with van der Waals surface area (Å²) >= 11 is 1.10. The van der Waals surface area contributed by atoms with E-state index in [1.165, 1.54) is 0 Å². The first-order valence-electron chi connectivity index (χ1n) is 8.78. The molecule has 0 radical (unpaired) electrons. The fourth-order valence-electron chi connectivity index (χ4n) is 3.03. The summed E-state index contributed by atoms with van der Waals surface area (Å²) in [5.41, 5.74) is 8.27. The molecule has 1 aliphatic heterocycles. The maximum Gasteiger partial charge on any atom is 0.363 e. The van der Waals surface area contributed by atoms with Crippen molar-refractivity contribution in [3.63, 3.8) is 0 Å². The van der Waals surface area contributed by atoms with Crippen molar-refractivity contribution in [3.8, 4) is 0 Å². The SMILES string of the molecule is NCCCC1(c2ccccc2)SC(c2cc(F)ccc2F)=NN1C(=O)NOCF. The Labute approximate surface area is 169 Å². The Hall–Kier alpha value is -2.56. The molecule has 2 amide bonds. The molecular weight excluding hydrogens is 405 g/mol. The van der Waals surface area contributed by atoms with Gasteiger partial charge in [0.05, 0.1) is 0 Å². The Morgan fingerprint density at radius 3 is 2.69 bits per heavy atom. The van der Waals surface area contributed by atoms with Gasteiger partial charge in [-0.25, -0.2) is 28.3 Å². The summed E-state index contributed by atoms with van der Waals surface area (Å²) in [5, 5.41) is 5.42. The molecule has 1 unspecified atom stereocenters. The molecule has 2 aromatic rings. The number of halogens is 3. The number of hydrogen-bond acceptors (Lipinski definition) is 5. The molecule has 0 spiro atoms. The van der Waals surface area contributed by atoms with Crippen LogP contribution in [-0.2, 0) is 9.71 Å². The van der Waals surface area contributed by atoms with Crippen LogP contribution in [0.4, 0.5) is 18.0 Å². The molecule has 0 bridgehead atoms. The van der Waals surface area contributed by atoms with Gasteiger partial charge in [-0.15, -0.1) is 0 Å². The first-order chi connectivity index (χ1) is 14.0. The summed E-state index contributed by atoms with van der Waals surface area (Å²) in [6.45, 7) is -0.891. The largest absolute Gasteiger partial charge is 0.363 e. The van der Waals surface area contributed by atoms with E-state index >= 15 is 0 Å². The monoisotopic (exact) mass is 424 g/mol. The van der Waals surface area contributed by atoms with Gasteiger partial charge in [0.15, 0.2) is 0 Å². The lowest BCUT2D eigenvalue weighted by Crippen LogP contribution is -2.46. The van der Waals surface area contributed by atoms with E-state index in [0.29, 0.717) is 24.9 Å². The first kappa shape index (κ1) is 21.2. The molecule has 6 nitrogen and oxygen atoms in total. The Morgan fingerprint density at radius 1 is 1.24 bits per heavy atom. The summed E-state index contributed by atoms with van der Waals surface area (Å²) in [4.78, 5) is 16.0. The highest BCUT2D eigenvalue weighted by molar-refractivity contribution is 8.15. The second-order valence-electron chi connectivity index (χ2n) is 6.15. The molecule has 154 valence electrons. The molecule has 0 saturated carbocycles. The van der Waals surface area contributed by atoms with Gasteiger partial charge in [0.25, 0.3) is 0 Å². The highest BCUT2D eigenvalue weighted by Gasteiger charge is 2.48. The van der Waals surface area contributed by atoms with Crippen molar-refractivity contribution in [2.75, 3.05) is 13.4 Å². The highest BCUT2D eigenvalue weighted by Crippen LogP contribution is 2.50. The number of amides is 2. The number of hydrogen-bond donors (Lipinski definition) is 2. The minimum atomic E-state index is -1.23. The van der Waals surface area contributed by atoms with Crippen LogP contribution >= 0.6 is 11.8 Å². The second-order valence-corrected chi connectivity index (χ2v) is 7.41. The number of hydrazone groups is 1. The molecule has 2 aromatic carbocycles. The van der Waals surface area contributed by atoms with Gasteiger partial charge in [0.2, 0.25) is 6.86 Å². The molecule has 1 heterocycles. The average Bonchev–Trinajstić information content (AvgIpc) is 3.13. The summed E-state index contributed by atoms with van der Waals surface area (Å²) in [6.07, 6.45) is 0.884. The molecular formula is C19H19F3N4O2S. The Kier molecular flexibility index (Phi) is 6.78. The van der Waals surface area contributed by atoms with Crippen molar-refractivity contribution in [1.82, 2.24) is 10.5 Å². The zero-order chi connectivity index (χ0) is 20.9. The van der Waals surface area contributed by atoms with Crippen LogP contribution in [0.25, 0.3) is 0 Å². The third-order valence-electron chi connectivity index (χ3n) is 4.31. The number of nitrogens with one attached hydrogen (secondary N) is 1. The molecule has 0 fully saturated rings. The van der Waals surface area contributed by atoms with Gasteiger partial charge in [-0.1, -0.05) is 42.1 Å². The number of thioether (sulfide) groups is 1. The van der Waals surface area contributed by atoms with Crippen molar-refractivity contribution in [1.29, 1.82) is 0 Å². The predicted octanol–water partition coefficient (Wildman–Crippen LogP) is 3.84. The highest BCUT2D eigenvalue weighted by atomic mass is 32.2. The summed E-state index contributed by atoms with van der Waals surface area (Å²) in [6, 6.07) is 11.1. The van der Waals surface area contributed by atoms with Gasteiger partial charge in [0.1, 0.15) is 21.5 Å². The smallest absolute Gasteiger partial charge is 0.330 e. The second kappa shape index (κ2) is 9.29. The fourth-order valence-corrected chi connectivity index (χ4v) is 4.45. The number of alkyl halides is 1. The van der Waals surface area contributed by atoms with Crippen LogP contribution in [0.2, 0.25) is 0 Å². The third kappa shape index (κ3) is 4.39. The quantitative estimate of drug-likeness (QED) is 0.662. The van der Waals surface area contributed by atoms with Gasteiger partial charge < -0.3 is 5.73 Å². The van der Waals surface area contributed by atoms with E-state index in [0.717, 1.165) is 35.0 Å². The average molecular weight is 424 g/mol. The van der Waals surface area contributed by atoms with Crippen LogP contribution in [-0.4, -0.2) is 29.5 Å². The van der Waals surface area contributed by atoms with Crippen LogP contribution in [0.3, 0.4) is 0 Å². The Bertz CT molecular complexity index is 900. The topological polar surface area (TPSA) is 80.0 Å². The van der Waals surface area contributed by atoms with Crippen molar-refractivity contribution in [3.05, 3.63) is 71.3 Å². The molecule has 3 N–H and O–H groups in total. The maximum atomic E-state index is 14.4. The molecule has 0 saturated heterocycles. The number of nitrogens with zero attached hydrogens (tertiary/aromatic N) is 2. The number of nitrogens with two attached hydrogens (primary N) is 1. The molecule has 1 atom stereocenters. The maximum absolute atomic E-state index is 14.4. The van der Waals surface area contributed by atoms with E-state index in [9.17, 15) is 18.0 Å². The van der Waals surface area contributed by atoms with Crippen molar-refractivity contribution in [2.45, 2.75) is 17.7 Å². The summed E-state index contributed by atoms with van der Waals surface area (Å²) in [5.74, 6) is -1.32. The van der Waals surface area contributed by atoms with Crippen molar-refractivity contribution < 1.29 is 22.8 Å². The Morgan fingerprint density at radius 2 is 2.00 bits per heavy atom. The number of benzene rings is 2. The molecule has 0 aliphatic carbocycles. The lowest BCUT2D eigenvalue weighted by molar-refractivity contribution is -0.00890. The fraction of sp³-hybridized carbons (Fsp3) is 0.263. The minimum Gasteiger partial charge on any atom is -0.330 e. The number of carbonyl (C=O) groups is 1.